The lowest BCUT2D eigenvalue weighted by atomic mass is 10.1. The van der Waals surface area contributed by atoms with Gasteiger partial charge in [-0.3, -0.25) is 9.59 Å². The second kappa shape index (κ2) is 10.8. The maximum absolute atomic E-state index is 12.7. The number of nitrogens with one attached hydrogen (secondary N) is 2. The average molecular weight is 572 g/mol. The Labute approximate surface area is 231 Å². The van der Waals surface area contributed by atoms with Crippen LogP contribution in [0, 0.1) is 0 Å². The fourth-order valence-electron chi connectivity index (χ4n) is 3.58. The highest BCUT2D eigenvalue weighted by Crippen LogP contribution is 2.52. The summed E-state index contributed by atoms with van der Waals surface area (Å²) in [5, 5.41) is 7.92. The van der Waals surface area contributed by atoms with E-state index in [1.807, 2.05) is 36.4 Å². The van der Waals surface area contributed by atoms with E-state index < -0.39 is 0 Å². The van der Waals surface area contributed by atoms with E-state index in [0.29, 0.717) is 36.8 Å². The van der Waals surface area contributed by atoms with Crippen molar-refractivity contribution >= 4 is 80.7 Å². The van der Waals surface area contributed by atoms with Gasteiger partial charge >= 0.3 is 0 Å². The van der Waals surface area contributed by atoms with Gasteiger partial charge in [-0.15, -0.1) is 0 Å². The van der Waals surface area contributed by atoms with E-state index in [1.54, 1.807) is 60.3 Å². The highest BCUT2D eigenvalue weighted by molar-refractivity contribution is 8.14. The number of halogens is 3. The molecule has 1 atom stereocenters. The molecule has 0 radical (unpaired) electrons. The number of thioether (sulfide) groups is 2. The zero-order valence-corrected chi connectivity index (χ0v) is 22.3. The van der Waals surface area contributed by atoms with Crippen molar-refractivity contribution in [3.8, 4) is 0 Å². The first-order chi connectivity index (χ1) is 17.4. The minimum atomic E-state index is -0.204. The Morgan fingerprint density at radius 1 is 0.778 bits per heavy atom. The Balaban J connectivity index is 1.26. The number of fused-ring (bicyclic) bond motifs is 1. The van der Waals surface area contributed by atoms with Gasteiger partial charge in [0.15, 0.2) is 0 Å². The van der Waals surface area contributed by atoms with Crippen molar-refractivity contribution in [2.24, 2.45) is 0 Å². The second-order valence-corrected chi connectivity index (χ2v) is 11.3. The molecule has 0 saturated heterocycles. The molecular weight excluding hydrogens is 555 g/mol. The number of carbonyl (C=O) groups is 2. The first kappa shape index (κ1) is 25.1. The van der Waals surface area contributed by atoms with E-state index >= 15 is 0 Å². The van der Waals surface area contributed by atoms with Crippen molar-refractivity contribution in [2.75, 3.05) is 10.6 Å². The zero-order valence-electron chi connectivity index (χ0n) is 18.4. The summed E-state index contributed by atoms with van der Waals surface area (Å²) in [7, 11) is 0. The molecule has 0 aliphatic carbocycles. The molecule has 1 aliphatic heterocycles. The maximum Gasteiger partial charge on any atom is 0.255 e. The third-order valence-corrected chi connectivity index (χ3v) is 8.83. The summed E-state index contributed by atoms with van der Waals surface area (Å²) < 4.78 is 0. The molecule has 0 saturated carbocycles. The molecule has 4 aromatic carbocycles. The molecular formula is C27H17Cl3N2O2S2. The van der Waals surface area contributed by atoms with Crippen molar-refractivity contribution in [2.45, 2.75) is 15.2 Å². The minimum absolute atomic E-state index is 0.0502. The van der Waals surface area contributed by atoms with Gasteiger partial charge in [-0.05, 0) is 90.1 Å². The molecule has 36 heavy (non-hydrogen) atoms. The predicted molar refractivity (Wildman–Crippen MR) is 151 cm³/mol. The summed E-state index contributed by atoms with van der Waals surface area (Å²) in [6.45, 7) is 0. The molecule has 1 aliphatic rings. The lowest BCUT2D eigenvalue weighted by Gasteiger charge is -2.12. The summed E-state index contributed by atoms with van der Waals surface area (Å²) in [6, 6.07) is 25.0. The molecule has 1 heterocycles. The molecule has 4 aromatic rings. The predicted octanol–water partition coefficient (Wildman–Crippen LogP) is 9.05. The van der Waals surface area contributed by atoms with Crippen LogP contribution in [0.5, 0.6) is 0 Å². The van der Waals surface area contributed by atoms with Gasteiger partial charge in [-0.25, -0.2) is 0 Å². The number of hydrogen-bond donors (Lipinski definition) is 2. The molecule has 1 amide bonds. The first-order valence-corrected chi connectivity index (χ1v) is 13.6. The van der Waals surface area contributed by atoms with Gasteiger partial charge in [0, 0.05) is 31.8 Å². The normalized spacial score (nSPS) is 14.1. The van der Waals surface area contributed by atoms with Crippen molar-refractivity contribution in [1.82, 2.24) is 0 Å². The number of anilines is 2. The van der Waals surface area contributed by atoms with Crippen LogP contribution in [0.3, 0.4) is 0 Å². The van der Waals surface area contributed by atoms with Crippen LogP contribution < -0.4 is 10.6 Å². The third kappa shape index (κ3) is 5.53. The van der Waals surface area contributed by atoms with Gasteiger partial charge in [-0.2, -0.15) is 0 Å². The summed E-state index contributed by atoms with van der Waals surface area (Å²) in [4.78, 5) is 26.7. The zero-order chi connectivity index (χ0) is 25.2. The molecule has 4 nitrogen and oxygen atoms in total. The standard InChI is InChI=1S/C27H17Cl3N2O2S2/c28-18-7-1-15(2-8-18)25(33)31-20-11-5-16(6-12-20)26-32-21-13-14-22(23(30)24(21)36-26)35-27(34)17-3-9-19(29)10-4-17/h1-14,26,32H,(H,31,33). The maximum atomic E-state index is 12.7. The molecule has 0 spiro atoms. The van der Waals surface area contributed by atoms with E-state index in [-0.39, 0.29) is 16.4 Å². The number of hydrogen-bond acceptors (Lipinski definition) is 5. The van der Waals surface area contributed by atoms with E-state index in [1.165, 1.54) is 0 Å². The van der Waals surface area contributed by atoms with E-state index in [9.17, 15) is 9.59 Å². The summed E-state index contributed by atoms with van der Waals surface area (Å²) in [6.07, 6.45) is 0. The van der Waals surface area contributed by atoms with Crippen molar-refractivity contribution in [3.05, 3.63) is 117 Å². The Hall–Kier alpha value is -2.61. The highest BCUT2D eigenvalue weighted by Gasteiger charge is 2.27. The SMILES string of the molecule is O=C(Nc1ccc(C2Nc3ccc(SC(=O)c4ccc(Cl)cc4)c(Cl)c3S2)cc1)c1ccc(Cl)cc1. The Bertz CT molecular complexity index is 1440. The minimum Gasteiger partial charge on any atom is -0.368 e. The highest BCUT2D eigenvalue weighted by atomic mass is 35.5. The summed E-state index contributed by atoms with van der Waals surface area (Å²) >= 11 is 21.2. The van der Waals surface area contributed by atoms with Gasteiger partial charge in [0.2, 0.25) is 5.12 Å². The molecule has 2 N–H and O–H groups in total. The van der Waals surface area contributed by atoms with Crippen LogP contribution in [0.15, 0.2) is 94.7 Å². The van der Waals surface area contributed by atoms with Crippen LogP contribution >= 0.6 is 58.3 Å². The monoisotopic (exact) mass is 570 g/mol. The van der Waals surface area contributed by atoms with E-state index in [4.69, 9.17) is 34.8 Å². The van der Waals surface area contributed by atoms with Crippen molar-refractivity contribution in [1.29, 1.82) is 0 Å². The van der Waals surface area contributed by atoms with Crippen LogP contribution in [0.2, 0.25) is 15.1 Å². The molecule has 180 valence electrons. The van der Waals surface area contributed by atoms with Crippen molar-refractivity contribution in [3.63, 3.8) is 0 Å². The molecule has 0 fully saturated rings. The fraction of sp³-hybridized carbons (Fsp3) is 0.0370. The van der Waals surface area contributed by atoms with Gasteiger partial charge in [0.05, 0.1) is 15.6 Å². The largest absolute Gasteiger partial charge is 0.368 e. The van der Waals surface area contributed by atoms with Crippen LogP contribution in [-0.4, -0.2) is 11.0 Å². The fourth-order valence-corrected chi connectivity index (χ4v) is 6.27. The van der Waals surface area contributed by atoms with Crippen LogP contribution in [0.1, 0.15) is 31.7 Å². The average Bonchev–Trinajstić information content (AvgIpc) is 3.32. The Morgan fingerprint density at radius 2 is 1.39 bits per heavy atom. The Morgan fingerprint density at radius 3 is 2.03 bits per heavy atom. The first-order valence-electron chi connectivity index (χ1n) is 10.8. The number of benzene rings is 4. The van der Waals surface area contributed by atoms with Gasteiger partial charge in [-0.1, -0.05) is 58.7 Å². The van der Waals surface area contributed by atoms with E-state index in [0.717, 1.165) is 27.9 Å². The molecule has 0 aromatic heterocycles. The third-order valence-electron chi connectivity index (χ3n) is 5.44. The van der Waals surface area contributed by atoms with E-state index in [2.05, 4.69) is 10.6 Å². The van der Waals surface area contributed by atoms with Gasteiger partial charge in [0.1, 0.15) is 5.37 Å². The quantitative estimate of drug-likeness (QED) is 0.234. The van der Waals surface area contributed by atoms with Gasteiger partial charge < -0.3 is 10.6 Å². The van der Waals surface area contributed by atoms with Crippen LogP contribution in [-0.2, 0) is 0 Å². The Kier molecular flexibility index (Phi) is 7.51. The second-order valence-electron chi connectivity index (χ2n) is 7.88. The van der Waals surface area contributed by atoms with Crippen LogP contribution in [0.4, 0.5) is 11.4 Å². The smallest absolute Gasteiger partial charge is 0.255 e. The summed E-state index contributed by atoms with van der Waals surface area (Å²) in [5.41, 5.74) is 3.73. The molecule has 0 bridgehead atoms. The van der Waals surface area contributed by atoms with Gasteiger partial charge in [0.25, 0.3) is 5.91 Å². The molecule has 1 unspecified atom stereocenters. The topological polar surface area (TPSA) is 58.2 Å². The number of amides is 1. The lowest BCUT2D eigenvalue weighted by molar-refractivity contribution is 0.102. The van der Waals surface area contributed by atoms with Crippen LogP contribution in [0.25, 0.3) is 0 Å². The molecule has 9 heteroatoms. The molecule has 5 rings (SSSR count). The summed E-state index contributed by atoms with van der Waals surface area (Å²) in [5.74, 6) is -0.204. The number of rotatable bonds is 5. The van der Waals surface area contributed by atoms with Crippen molar-refractivity contribution < 1.29 is 9.59 Å². The lowest BCUT2D eigenvalue weighted by Crippen LogP contribution is -2.11. The number of carbonyl (C=O) groups excluding carboxylic acids is 2.